The molecule has 0 radical (unpaired) electrons. The molecule has 142 valence electrons. The number of fused-ring (bicyclic) bond motifs is 1. The van der Waals surface area contributed by atoms with Crippen molar-refractivity contribution in [1.29, 1.82) is 0 Å². The number of alkyl halides is 3. The molecule has 1 aliphatic rings. The lowest BCUT2D eigenvalue weighted by Gasteiger charge is -2.35. The van der Waals surface area contributed by atoms with Gasteiger partial charge in [-0.2, -0.15) is 22.7 Å². The summed E-state index contributed by atoms with van der Waals surface area (Å²) in [5.41, 5.74) is 1.40. The third kappa shape index (κ3) is 3.45. The highest BCUT2D eigenvalue weighted by Crippen LogP contribution is 2.40. The van der Waals surface area contributed by atoms with Gasteiger partial charge in [-0.05, 0) is 43.4 Å². The van der Waals surface area contributed by atoms with E-state index in [0.717, 1.165) is 29.3 Å². The predicted molar refractivity (Wildman–Crippen MR) is 90.6 cm³/mol. The fourth-order valence-electron chi connectivity index (χ4n) is 3.29. The zero-order chi connectivity index (χ0) is 19.2. The zero-order valence-corrected chi connectivity index (χ0v) is 14.5. The monoisotopic (exact) mass is 379 g/mol. The lowest BCUT2D eigenvalue weighted by molar-refractivity contribution is -0.144. The first-order valence-electron chi connectivity index (χ1n) is 8.65. The Balaban J connectivity index is 1.75. The van der Waals surface area contributed by atoms with E-state index >= 15 is 0 Å². The van der Waals surface area contributed by atoms with Gasteiger partial charge in [0, 0.05) is 11.8 Å². The van der Waals surface area contributed by atoms with Gasteiger partial charge in [-0.1, -0.05) is 18.6 Å². The summed E-state index contributed by atoms with van der Waals surface area (Å²) < 4.78 is 53.3. The Morgan fingerprint density at radius 2 is 1.85 bits per heavy atom. The molecule has 3 aromatic rings. The number of aryl methyl sites for hydroxylation is 1. The molecular weight excluding hydrogens is 362 g/mol. The van der Waals surface area contributed by atoms with Gasteiger partial charge in [-0.15, -0.1) is 5.10 Å². The van der Waals surface area contributed by atoms with Crippen molar-refractivity contribution >= 4 is 11.6 Å². The van der Waals surface area contributed by atoms with Crippen molar-refractivity contribution in [2.75, 3.05) is 5.32 Å². The first-order chi connectivity index (χ1) is 12.8. The van der Waals surface area contributed by atoms with Crippen LogP contribution in [0.2, 0.25) is 0 Å². The molecule has 0 bridgehead atoms. The quantitative estimate of drug-likeness (QED) is 0.676. The van der Waals surface area contributed by atoms with Crippen LogP contribution in [-0.2, 0) is 6.18 Å². The molecule has 1 N–H and O–H groups in total. The molecule has 5 nitrogen and oxygen atoms in total. The molecule has 1 fully saturated rings. The van der Waals surface area contributed by atoms with Gasteiger partial charge in [0.15, 0.2) is 0 Å². The SMILES string of the molecule is Cc1cc(NC(c2ccc(F)cc2)C2CCC2)n2nc(C(F)(F)F)nc2n1. The van der Waals surface area contributed by atoms with Crippen LogP contribution < -0.4 is 5.32 Å². The van der Waals surface area contributed by atoms with Crippen LogP contribution in [0.25, 0.3) is 5.78 Å². The van der Waals surface area contributed by atoms with Crippen LogP contribution in [0.15, 0.2) is 30.3 Å². The van der Waals surface area contributed by atoms with Gasteiger partial charge in [0.2, 0.25) is 0 Å². The summed E-state index contributed by atoms with van der Waals surface area (Å²) in [6.45, 7) is 1.68. The van der Waals surface area contributed by atoms with Crippen molar-refractivity contribution in [2.45, 2.75) is 38.4 Å². The molecule has 2 heterocycles. The van der Waals surface area contributed by atoms with Crippen LogP contribution in [0.4, 0.5) is 23.4 Å². The van der Waals surface area contributed by atoms with Crippen LogP contribution in [-0.4, -0.2) is 19.6 Å². The number of nitrogens with zero attached hydrogens (tertiary/aromatic N) is 4. The normalized spacial score (nSPS) is 16.3. The maximum Gasteiger partial charge on any atom is 0.453 e. The minimum atomic E-state index is -4.65. The Morgan fingerprint density at radius 1 is 1.15 bits per heavy atom. The fraction of sp³-hybridized carbons (Fsp3) is 0.389. The minimum absolute atomic E-state index is 0.115. The van der Waals surface area contributed by atoms with E-state index in [1.165, 1.54) is 12.1 Å². The van der Waals surface area contributed by atoms with Crippen molar-refractivity contribution in [3.63, 3.8) is 0 Å². The van der Waals surface area contributed by atoms with Gasteiger partial charge in [0.25, 0.3) is 11.6 Å². The lowest BCUT2D eigenvalue weighted by atomic mass is 9.77. The minimum Gasteiger partial charge on any atom is -0.363 e. The Labute approximate surface area is 152 Å². The first kappa shape index (κ1) is 17.7. The number of aromatic nitrogens is 4. The summed E-state index contributed by atoms with van der Waals surface area (Å²) in [5, 5.41) is 6.88. The largest absolute Gasteiger partial charge is 0.453 e. The number of rotatable bonds is 4. The van der Waals surface area contributed by atoms with Gasteiger partial charge in [0.1, 0.15) is 11.6 Å². The van der Waals surface area contributed by atoms with E-state index in [-0.39, 0.29) is 17.6 Å². The molecule has 1 unspecified atom stereocenters. The van der Waals surface area contributed by atoms with Gasteiger partial charge < -0.3 is 5.32 Å². The van der Waals surface area contributed by atoms with Crippen molar-refractivity contribution < 1.29 is 17.6 Å². The van der Waals surface area contributed by atoms with Gasteiger partial charge in [0.05, 0.1) is 6.04 Å². The molecule has 4 rings (SSSR count). The number of hydrogen-bond donors (Lipinski definition) is 1. The molecule has 0 spiro atoms. The van der Waals surface area contributed by atoms with E-state index in [9.17, 15) is 17.6 Å². The summed E-state index contributed by atoms with van der Waals surface area (Å²) >= 11 is 0. The van der Waals surface area contributed by atoms with E-state index in [4.69, 9.17) is 0 Å². The number of anilines is 1. The highest BCUT2D eigenvalue weighted by Gasteiger charge is 2.37. The van der Waals surface area contributed by atoms with E-state index in [2.05, 4.69) is 20.4 Å². The third-order valence-corrected chi connectivity index (χ3v) is 4.85. The van der Waals surface area contributed by atoms with Crippen molar-refractivity contribution in [1.82, 2.24) is 19.6 Å². The summed E-state index contributed by atoms with van der Waals surface area (Å²) in [6.07, 6.45) is -1.57. The van der Waals surface area contributed by atoms with E-state index in [1.54, 1.807) is 25.1 Å². The molecule has 2 aromatic heterocycles. The Morgan fingerprint density at radius 3 is 2.44 bits per heavy atom. The van der Waals surface area contributed by atoms with Gasteiger partial charge in [-0.3, -0.25) is 0 Å². The summed E-state index contributed by atoms with van der Waals surface area (Å²) in [5.74, 6) is -0.993. The number of hydrogen-bond acceptors (Lipinski definition) is 4. The third-order valence-electron chi connectivity index (χ3n) is 4.85. The fourth-order valence-corrected chi connectivity index (χ4v) is 3.29. The van der Waals surface area contributed by atoms with Crippen LogP contribution in [0.3, 0.4) is 0 Å². The number of benzene rings is 1. The van der Waals surface area contributed by atoms with E-state index in [1.807, 2.05) is 0 Å². The second-order valence-electron chi connectivity index (χ2n) is 6.79. The molecule has 9 heteroatoms. The smallest absolute Gasteiger partial charge is 0.363 e. The Hall–Kier alpha value is -2.71. The second kappa shape index (κ2) is 6.47. The van der Waals surface area contributed by atoms with Crippen molar-refractivity contribution in [3.05, 3.63) is 53.2 Å². The first-order valence-corrected chi connectivity index (χ1v) is 8.65. The molecule has 27 heavy (non-hydrogen) atoms. The average Bonchev–Trinajstić information content (AvgIpc) is 2.97. The molecule has 1 saturated carbocycles. The predicted octanol–water partition coefficient (Wildman–Crippen LogP) is 4.54. The van der Waals surface area contributed by atoms with E-state index in [0.29, 0.717) is 17.4 Å². The zero-order valence-electron chi connectivity index (χ0n) is 14.5. The molecule has 1 atom stereocenters. The van der Waals surface area contributed by atoms with Crippen LogP contribution >= 0.6 is 0 Å². The summed E-state index contributed by atoms with van der Waals surface area (Å²) in [4.78, 5) is 7.54. The van der Waals surface area contributed by atoms with Crippen LogP contribution in [0.1, 0.15) is 42.4 Å². The number of nitrogens with one attached hydrogen (secondary N) is 1. The topological polar surface area (TPSA) is 55.1 Å². The molecule has 1 aliphatic carbocycles. The maximum atomic E-state index is 13.3. The Bertz CT molecular complexity index is 960. The molecule has 0 aliphatic heterocycles. The average molecular weight is 379 g/mol. The highest BCUT2D eigenvalue weighted by molar-refractivity contribution is 5.47. The van der Waals surface area contributed by atoms with Crippen LogP contribution in [0.5, 0.6) is 0 Å². The molecule has 0 saturated heterocycles. The summed E-state index contributed by atoms with van der Waals surface area (Å²) in [6, 6.07) is 7.62. The Kier molecular flexibility index (Phi) is 4.24. The van der Waals surface area contributed by atoms with Gasteiger partial charge >= 0.3 is 6.18 Å². The maximum absolute atomic E-state index is 13.3. The van der Waals surface area contributed by atoms with E-state index < -0.39 is 12.0 Å². The van der Waals surface area contributed by atoms with Crippen molar-refractivity contribution in [2.24, 2.45) is 5.92 Å². The number of halogens is 4. The summed E-state index contributed by atoms with van der Waals surface area (Å²) in [7, 11) is 0. The molecule has 1 aromatic carbocycles. The second-order valence-corrected chi connectivity index (χ2v) is 6.79. The molecular formula is C18H17F4N5. The van der Waals surface area contributed by atoms with Gasteiger partial charge in [-0.25, -0.2) is 9.37 Å². The highest BCUT2D eigenvalue weighted by atomic mass is 19.4. The molecule has 0 amide bonds. The lowest BCUT2D eigenvalue weighted by Crippen LogP contribution is -2.27. The van der Waals surface area contributed by atoms with Crippen molar-refractivity contribution in [3.8, 4) is 0 Å². The van der Waals surface area contributed by atoms with Crippen LogP contribution in [0, 0.1) is 18.7 Å². The standard InChI is InChI=1S/C18H17F4N5/c1-10-9-14(27-17(23-10)25-16(26-27)18(20,21)22)24-15(11-3-2-4-11)12-5-7-13(19)8-6-12/h5-9,11,15,24H,2-4H2,1H3.